The maximum atomic E-state index is 14.1. The Kier molecular flexibility index (Phi) is 5.54. The van der Waals surface area contributed by atoms with Gasteiger partial charge >= 0.3 is 7.48 Å². The molecule has 1 atom stereocenters. The van der Waals surface area contributed by atoms with E-state index in [0.29, 0.717) is 16.9 Å². The van der Waals surface area contributed by atoms with Gasteiger partial charge < -0.3 is 20.2 Å². The van der Waals surface area contributed by atoms with Crippen LogP contribution in [0.3, 0.4) is 0 Å². The Bertz CT molecular complexity index is 737. The van der Waals surface area contributed by atoms with Crippen molar-refractivity contribution in [1.82, 2.24) is 0 Å². The van der Waals surface area contributed by atoms with E-state index in [1.165, 1.54) is 26.6 Å². The smallest absolute Gasteiger partial charge is 0.334 e. The molecule has 7 heteroatoms. The molecule has 0 aliphatic heterocycles. The number of halogens is 2. The number of benzene rings is 1. The van der Waals surface area contributed by atoms with Gasteiger partial charge in [0, 0.05) is 12.1 Å². The van der Waals surface area contributed by atoms with Crippen LogP contribution in [0.4, 0.5) is 14.5 Å². The molecule has 4 nitrogen and oxygen atoms in total. The number of ether oxygens (including phenoxy) is 1. The summed E-state index contributed by atoms with van der Waals surface area (Å²) in [5, 5.41) is 10.2. The van der Waals surface area contributed by atoms with Crippen LogP contribution in [0.5, 0.6) is 5.75 Å². The lowest BCUT2D eigenvalue weighted by atomic mass is 9.82. The topological polar surface area (TPSA) is 64.7 Å². The fourth-order valence-electron chi connectivity index (χ4n) is 2.10. The highest BCUT2D eigenvalue weighted by Gasteiger charge is 2.36. The predicted molar refractivity (Wildman–Crippen MR) is 99.7 cm³/mol. The number of alkyl halides is 1. The highest BCUT2D eigenvalue weighted by Crippen LogP contribution is 2.32. The minimum Gasteiger partial charge on any atom is -0.455 e. The Morgan fingerprint density at radius 2 is 1.92 bits per heavy atom. The lowest BCUT2D eigenvalue weighted by Crippen LogP contribution is -2.49. The SMILES string of the molecule is CC1(F)C=CC(Oc2ccc(N)cc2[B]OC(C)(C)C(C)(C)O)=C(F)C1. The zero-order valence-corrected chi connectivity index (χ0v) is 15.8. The molecular weight excluding hydrogens is 339 g/mol. The van der Waals surface area contributed by atoms with Crippen molar-refractivity contribution in [3.63, 3.8) is 0 Å². The molecule has 0 aromatic heterocycles. The molecule has 1 radical (unpaired) electrons. The van der Waals surface area contributed by atoms with Gasteiger partial charge in [-0.3, -0.25) is 0 Å². The third-order valence-electron chi connectivity index (χ3n) is 4.56. The average Bonchev–Trinajstić information content (AvgIpc) is 2.48. The van der Waals surface area contributed by atoms with Crippen molar-refractivity contribution in [3.8, 4) is 5.75 Å². The Morgan fingerprint density at radius 1 is 1.27 bits per heavy atom. The van der Waals surface area contributed by atoms with E-state index < -0.39 is 22.7 Å². The van der Waals surface area contributed by atoms with Gasteiger partial charge in [-0.1, -0.05) is 0 Å². The first-order valence-electron chi connectivity index (χ1n) is 8.38. The zero-order chi connectivity index (χ0) is 19.8. The second-order valence-electron chi connectivity index (χ2n) is 7.76. The van der Waals surface area contributed by atoms with Crippen LogP contribution >= 0.6 is 0 Å². The molecule has 0 heterocycles. The van der Waals surface area contributed by atoms with Crippen LogP contribution in [-0.2, 0) is 4.65 Å². The summed E-state index contributed by atoms with van der Waals surface area (Å²) in [6.45, 7) is 8.06. The van der Waals surface area contributed by atoms with Crippen LogP contribution in [0, 0.1) is 0 Å². The second-order valence-corrected chi connectivity index (χ2v) is 7.76. The first-order valence-corrected chi connectivity index (χ1v) is 8.38. The molecule has 0 amide bonds. The highest BCUT2D eigenvalue weighted by molar-refractivity contribution is 6.48. The number of nitrogens with two attached hydrogens (primary N) is 1. The van der Waals surface area contributed by atoms with E-state index in [9.17, 15) is 13.9 Å². The van der Waals surface area contributed by atoms with Crippen LogP contribution in [0.2, 0.25) is 0 Å². The van der Waals surface area contributed by atoms with Gasteiger partial charge in [-0.05, 0) is 70.4 Å². The molecule has 1 aromatic carbocycles. The molecule has 0 spiro atoms. The Morgan fingerprint density at radius 3 is 2.50 bits per heavy atom. The fourth-order valence-corrected chi connectivity index (χ4v) is 2.10. The van der Waals surface area contributed by atoms with E-state index in [1.54, 1.807) is 45.9 Å². The number of rotatable bonds is 6. The van der Waals surface area contributed by atoms with Crippen LogP contribution < -0.4 is 15.9 Å². The van der Waals surface area contributed by atoms with Crippen molar-refractivity contribution in [2.24, 2.45) is 0 Å². The monoisotopic (exact) mass is 364 g/mol. The number of hydrogen-bond acceptors (Lipinski definition) is 4. The third kappa shape index (κ3) is 4.86. The van der Waals surface area contributed by atoms with Crippen LogP contribution in [0.15, 0.2) is 41.9 Å². The molecule has 0 saturated carbocycles. The Balaban J connectivity index is 2.22. The predicted octanol–water partition coefficient (Wildman–Crippen LogP) is 3.33. The number of nitrogen functional groups attached to an aromatic ring is 1. The van der Waals surface area contributed by atoms with Crippen molar-refractivity contribution in [2.45, 2.75) is 57.9 Å². The molecule has 1 unspecified atom stereocenters. The van der Waals surface area contributed by atoms with Crippen molar-refractivity contribution in [3.05, 3.63) is 41.9 Å². The zero-order valence-electron chi connectivity index (χ0n) is 15.8. The van der Waals surface area contributed by atoms with Crippen molar-refractivity contribution < 1.29 is 23.3 Å². The van der Waals surface area contributed by atoms with Crippen molar-refractivity contribution in [1.29, 1.82) is 0 Å². The van der Waals surface area contributed by atoms with Crippen LogP contribution in [-0.4, -0.2) is 29.5 Å². The summed E-state index contributed by atoms with van der Waals surface area (Å²) in [4.78, 5) is 0. The molecule has 0 bridgehead atoms. The highest BCUT2D eigenvalue weighted by atomic mass is 19.1. The standard InChI is InChI=1S/C19H25BF2NO3/c1-17(2,24)18(3,4)26-20-13-10-12(23)6-7-15(13)25-16-8-9-19(5,22)11-14(16)21/h6-10,24H,11,23H2,1-5H3. The summed E-state index contributed by atoms with van der Waals surface area (Å²) < 4.78 is 39.3. The Hall–Kier alpha value is -1.86. The summed E-state index contributed by atoms with van der Waals surface area (Å²) in [6.07, 6.45) is 2.16. The molecule has 1 aliphatic carbocycles. The molecular formula is C19H25BF2NO3. The molecule has 1 aliphatic rings. The molecule has 0 saturated heterocycles. The summed E-state index contributed by atoms with van der Waals surface area (Å²) >= 11 is 0. The van der Waals surface area contributed by atoms with Crippen molar-refractivity contribution in [2.75, 3.05) is 5.73 Å². The molecule has 3 N–H and O–H groups in total. The van der Waals surface area contributed by atoms with Gasteiger partial charge in [0.15, 0.2) is 5.76 Å². The van der Waals surface area contributed by atoms with Gasteiger partial charge in [0.2, 0.25) is 0 Å². The molecule has 2 rings (SSSR count). The van der Waals surface area contributed by atoms with E-state index in [4.69, 9.17) is 15.1 Å². The first kappa shape index (κ1) is 20.5. The van der Waals surface area contributed by atoms with Crippen molar-refractivity contribution >= 4 is 18.6 Å². The van der Waals surface area contributed by atoms with Gasteiger partial charge in [-0.15, -0.1) is 0 Å². The summed E-state index contributed by atoms with van der Waals surface area (Å²) in [6, 6.07) is 4.80. The number of hydrogen-bond donors (Lipinski definition) is 2. The first-order chi connectivity index (χ1) is 11.8. The third-order valence-corrected chi connectivity index (χ3v) is 4.56. The van der Waals surface area contributed by atoms with E-state index >= 15 is 0 Å². The summed E-state index contributed by atoms with van der Waals surface area (Å²) in [5.74, 6) is -0.415. The quantitative estimate of drug-likeness (QED) is 0.600. The minimum atomic E-state index is -1.73. The average molecular weight is 364 g/mol. The van der Waals surface area contributed by atoms with E-state index in [0.717, 1.165) is 0 Å². The summed E-state index contributed by atoms with van der Waals surface area (Å²) in [5.41, 5.74) is 3.05. The van der Waals surface area contributed by atoms with Gasteiger partial charge in [-0.25, -0.2) is 8.78 Å². The lowest BCUT2D eigenvalue weighted by molar-refractivity contribution is -0.0893. The maximum absolute atomic E-state index is 14.1. The Labute approximate surface area is 154 Å². The number of aliphatic hydroxyl groups is 1. The summed E-state index contributed by atoms with van der Waals surface area (Å²) in [7, 11) is 1.41. The lowest BCUT2D eigenvalue weighted by Gasteiger charge is -2.37. The van der Waals surface area contributed by atoms with Gasteiger partial charge in [-0.2, -0.15) is 0 Å². The van der Waals surface area contributed by atoms with Crippen LogP contribution in [0.1, 0.15) is 41.0 Å². The fraction of sp³-hybridized carbons (Fsp3) is 0.474. The molecule has 26 heavy (non-hydrogen) atoms. The van der Waals surface area contributed by atoms with Crippen LogP contribution in [0.25, 0.3) is 0 Å². The van der Waals surface area contributed by atoms with Gasteiger partial charge in [0.25, 0.3) is 0 Å². The van der Waals surface area contributed by atoms with E-state index in [1.807, 2.05) is 0 Å². The van der Waals surface area contributed by atoms with E-state index in [-0.39, 0.29) is 12.2 Å². The normalized spacial score (nSPS) is 21.1. The second kappa shape index (κ2) is 7.04. The molecule has 1 aromatic rings. The largest absolute Gasteiger partial charge is 0.455 e. The number of anilines is 1. The van der Waals surface area contributed by atoms with Gasteiger partial charge in [0.1, 0.15) is 17.2 Å². The maximum Gasteiger partial charge on any atom is 0.334 e. The molecule has 0 fully saturated rings. The van der Waals surface area contributed by atoms with Gasteiger partial charge in [0.05, 0.1) is 11.2 Å². The number of allylic oxidation sites excluding steroid dienone is 3. The minimum absolute atomic E-state index is 0.0544. The molecule has 141 valence electrons. The van der Waals surface area contributed by atoms with E-state index in [2.05, 4.69) is 0 Å².